The molecule has 3 aliphatic carbocycles. The van der Waals surface area contributed by atoms with Gasteiger partial charge in [-0.15, -0.1) is 23.2 Å². The molecule has 0 saturated carbocycles. The van der Waals surface area contributed by atoms with Crippen LogP contribution in [-0.4, -0.2) is 28.7 Å². The van der Waals surface area contributed by atoms with Crippen molar-refractivity contribution in [1.29, 1.82) is 0 Å². The van der Waals surface area contributed by atoms with Gasteiger partial charge in [-0.1, -0.05) is 80.6 Å². The molecule has 3 atom stereocenters. The van der Waals surface area contributed by atoms with Gasteiger partial charge < -0.3 is 10.1 Å². The molecule has 0 radical (unpaired) electrons. The van der Waals surface area contributed by atoms with E-state index in [4.69, 9.17) is 27.9 Å². The highest BCUT2D eigenvalue weighted by atomic mass is 35.5. The van der Waals surface area contributed by atoms with Gasteiger partial charge in [0.05, 0.1) is 11.8 Å². The number of nitrogens with one attached hydrogen (secondary N) is 1. The lowest BCUT2D eigenvalue weighted by Crippen LogP contribution is -2.57. The van der Waals surface area contributed by atoms with Crippen molar-refractivity contribution in [3.63, 3.8) is 0 Å². The Morgan fingerprint density at radius 1 is 0.750 bits per heavy atom. The summed E-state index contributed by atoms with van der Waals surface area (Å²) in [5, 5.41) is 2.91. The van der Waals surface area contributed by atoms with Crippen molar-refractivity contribution >= 4 is 46.6 Å². The summed E-state index contributed by atoms with van der Waals surface area (Å²) in [7, 11) is 0. The SMILES string of the molecule is Cc1ccccc1Oc1ccc(NC(=O)[C@H](C(C)C)N2C(=O)[C@H]3[C@H](C2=O)C2(Cl)c4ccccc4C3(Cl)c3ccccc32)cc1. The van der Waals surface area contributed by atoms with Crippen LogP contribution in [0.5, 0.6) is 11.5 Å². The van der Waals surface area contributed by atoms with E-state index < -0.39 is 45.3 Å². The maximum absolute atomic E-state index is 14.4. The molecule has 1 saturated heterocycles. The summed E-state index contributed by atoms with van der Waals surface area (Å²) >= 11 is 15.1. The number of aryl methyl sites for hydroxylation is 1. The second kappa shape index (κ2) is 10.2. The first-order valence-electron chi connectivity index (χ1n) is 14.7. The van der Waals surface area contributed by atoms with Gasteiger partial charge in [0.1, 0.15) is 27.3 Å². The molecule has 8 rings (SSSR count). The van der Waals surface area contributed by atoms with Crippen molar-refractivity contribution < 1.29 is 19.1 Å². The van der Waals surface area contributed by atoms with Crippen molar-refractivity contribution in [2.75, 3.05) is 5.32 Å². The monoisotopic (exact) mass is 624 g/mol. The standard InChI is InChI=1S/C36H30Cl2N2O4/c1-20(2)31(32(41)39-22-16-18-23(19-17-22)44-28-15-9-4-10-21(28)3)40-33(42)29-30(34(40)43)36(38)25-12-6-5-11-24(25)35(29,37)26-13-7-8-14-27(26)36/h4-20,29-31H,1-3H3,(H,39,41)/t29-,30-,31+,35?,36?/m1/s1. The van der Waals surface area contributed by atoms with Crippen LogP contribution >= 0.6 is 23.2 Å². The number of likely N-dealkylation sites (tertiary alicyclic amines) is 1. The van der Waals surface area contributed by atoms with E-state index in [9.17, 15) is 14.4 Å². The summed E-state index contributed by atoms with van der Waals surface area (Å²) in [6.45, 7) is 5.60. The number of para-hydroxylation sites is 1. The minimum atomic E-state index is -1.30. The first kappa shape index (κ1) is 28.6. The average Bonchev–Trinajstić information content (AvgIpc) is 3.28. The highest BCUT2D eigenvalue weighted by Crippen LogP contribution is 2.69. The molecule has 0 unspecified atom stereocenters. The molecule has 1 aliphatic heterocycles. The highest BCUT2D eigenvalue weighted by molar-refractivity contribution is 6.36. The number of carbonyl (C=O) groups is 3. The number of anilines is 1. The largest absolute Gasteiger partial charge is 0.457 e. The van der Waals surface area contributed by atoms with Gasteiger partial charge >= 0.3 is 0 Å². The van der Waals surface area contributed by atoms with E-state index in [2.05, 4.69) is 5.32 Å². The number of amides is 3. The number of nitrogens with zero attached hydrogens (tertiary/aromatic N) is 1. The fourth-order valence-electron chi connectivity index (χ4n) is 7.30. The van der Waals surface area contributed by atoms with Crippen LogP contribution < -0.4 is 10.1 Å². The zero-order valence-corrected chi connectivity index (χ0v) is 25.9. The predicted octanol–water partition coefficient (Wildman–Crippen LogP) is 7.34. The summed E-state index contributed by atoms with van der Waals surface area (Å²) in [6.07, 6.45) is 0. The Kier molecular flexibility index (Phi) is 6.65. The van der Waals surface area contributed by atoms with E-state index in [1.807, 2.05) is 93.6 Å². The lowest BCUT2D eigenvalue weighted by molar-refractivity contribution is -0.148. The Morgan fingerprint density at radius 2 is 1.20 bits per heavy atom. The van der Waals surface area contributed by atoms with Crippen LogP contribution in [0.1, 0.15) is 41.7 Å². The number of ether oxygens (including phenoxy) is 1. The zero-order chi connectivity index (χ0) is 31.0. The van der Waals surface area contributed by atoms with Crippen LogP contribution in [0.3, 0.4) is 0 Å². The lowest BCUT2D eigenvalue weighted by Gasteiger charge is -2.54. The Hall–Kier alpha value is -4.13. The van der Waals surface area contributed by atoms with Crippen LogP contribution in [0.4, 0.5) is 5.69 Å². The molecule has 222 valence electrons. The summed E-state index contributed by atoms with van der Waals surface area (Å²) < 4.78 is 5.98. The smallest absolute Gasteiger partial charge is 0.247 e. The molecule has 4 aliphatic rings. The molecular weight excluding hydrogens is 595 g/mol. The van der Waals surface area contributed by atoms with E-state index in [-0.39, 0.29) is 5.92 Å². The topological polar surface area (TPSA) is 75.7 Å². The van der Waals surface area contributed by atoms with Crippen LogP contribution in [0.25, 0.3) is 0 Å². The Morgan fingerprint density at radius 3 is 1.66 bits per heavy atom. The Balaban J connectivity index is 1.21. The van der Waals surface area contributed by atoms with Crippen LogP contribution in [0.2, 0.25) is 0 Å². The number of halogens is 2. The normalized spacial score (nSPS) is 25.4. The lowest BCUT2D eigenvalue weighted by atomic mass is 9.54. The molecule has 1 N–H and O–H groups in total. The van der Waals surface area contributed by atoms with Gasteiger partial charge in [-0.2, -0.15) is 0 Å². The van der Waals surface area contributed by atoms with E-state index in [0.717, 1.165) is 38.5 Å². The molecule has 6 nitrogen and oxygen atoms in total. The minimum absolute atomic E-state index is 0.383. The van der Waals surface area contributed by atoms with Gasteiger partial charge in [-0.25, -0.2) is 0 Å². The molecule has 8 heteroatoms. The Bertz CT molecular complexity index is 1710. The quantitative estimate of drug-likeness (QED) is 0.180. The molecule has 2 bridgehead atoms. The van der Waals surface area contributed by atoms with Gasteiger partial charge in [0, 0.05) is 5.69 Å². The number of hydrogen-bond donors (Lipinski definition) is 1. The molecule has 3 amide bonds. The second-order valence-corrected chi connectivity index (χ2v) is 13.3. The second-order valence-electron chi connectivity index (χ2n) is 12.1. The third-order valence-corrected chi connectivity index (χ3v) is 10.5. The van der Waals surface area contributed by atoms with Gasteiger partial charge in [-0.3, -0.25) is 19.3 Å². The zero-order valence-electron chi connectivity index (χ0n) is 24.4. The van der Waals surface area contributed by atoms with Crippen LogP contribution in [0, 0.1) is 24.7 Å². The van der Waals surface area contributed by atoms with Crippen LogP contribution in [-0.2, 0) is 24.1 Å². The fraction of sp³-hybridized carbons (Fsp3) is 0.250. The van der Waals surface area contributed by atoms with E-state index in [0.29, 0.717) is 11.4 Å². The molecule has 44 heavy (non-hydrogen) atoms. The molecule has 4 aromatic carbocycles. The molecule has 1 heterocycles. The predicted molar refractivity (Wildman–Crippen MR) is 170 cm³/mol. The van der Waals surface area contributed by atoms with Gasteiger partial charge in [0.15, 0.2) is 0 Å². The van der Waals surface area contributed by atoms with Crippen molar-refractivity contribution in [2.45, 2.75) is 36.6 Å². The van der Waals surface area contributed by atoms with Gasteiger partial charge in [0.25, 0.3) is 0 Å². The third-order valence-electron chi connectivity index (χ3n) is 9.24. The Labute approximate surface area is 265 Å². The molecular formula is C36H30Cl2N2O4. The maximum Gasteiger partial charge on any atom is 0.247 e. The van der Waals surface area contributed by atoms with E-state index in [1.165, 1.54) is 0 Å². The number of benzene rings is 4. The van der Waals surface area contributed by atoms with Crippen molar-refractivity contribution in [2.24, 2.45) is 17.8 Å². The maximum atomic E-state index is 14.4. The average molecular weight is 626 g/mol. The molecule has 1 fully saturated rings. The molecule has 4 aromatic rings. The van der Waals surface area contributed by atoms with Crippen LogP contribution in [0.15, 0.2) is 97.1 Å². The number of rotatable bonds is 6. The van der Waals surface area contributed by atoms with Crippen molar-refractivity contribution in [1.82, 2.24) is 4.90 Å². The summed E-state index contributed by atoms with van der Waals surface area (Å²) in [5.74, 6) is -2.41. The van der Waals surface area contributed by atoms with E-state index >= 15 is 0 Å². The summed E-state index contributed by atoms with van der Waals surface area (Å²) in [5.41, 5.74) is 4.40. The van der Waals surface area contributed by atoms with Crippen molar-refractivity contribution in [3.8, 4) is 11.5 Å². The summed E-state index contributed by atoms with van der Waals surface area (Å²) in [6, 6.07) is 28.6. The first-order chi connectivity index (χ1) is 21.1. The number of carbonyl (C=O) groups excluding carboxylic acids is 3. The first-order valence-corrected chi connectivity index (χ1v) is 15.4. The third kappa shape index (κ3) is 3.90. The van der Waals surface area contributed by atoms with Gasteiger partial charge in [-0.05, 0) is 71.0 Å². The number of imide groups is 1. The molecule has 0 aromatic heterocycles. The highest BCUT2D eigenvalue weighted by Gasteiger charge is 2.73. The minimum Gasteiger partial charge on any atom is -0.457 e. The van der Waals surface area contributed by atoms with Crippen molar-refractivity contribution in [3.05, 3.63) is 125 Å². The molecule has 0 spiro atoms. The van der Waals surface area contributed by atoms with E-state index in [1.54, 1.807) is 24.3 Å². The summed E-state index contributed by atoms with van der Waals surface area (Å²) in [4.78, 5) is 41.2. The number of alkyl halides is 2. The number of hydrogen-bond acceptors (Lipinski definition) is 4. The fourth-order valence-corrected chi connectivity index (χ4v) is 8.40. The van der Waals surface area contributed by atoms with Gasteiger partial charge in [0.2, 0.25) is 17.7 Å².